The lowest BCUT2D eigenvalue weighted by Gasteiger charge is -2.19. The van der Waals surface area contributed by atoms with Gasteiger partial charge in [0.25, 0.3) is 5.91 Å². The molecule has 7 nitrogen and oxygen atoms in total. The molecule has 148 valence electrons. The van der Waals surface area contributed by atoms with Crippen molar-refractivity contribution >= 4 is 23.7 Å². The van der Waals surface area contributed by atoms with Gasteiger partial charge in [-0.1, -0.05) is 25.0 Å². The fourth-order valence-corrected chi connectivity index (χ4v) is 4.45. The summed E-state index contributed by atoms with van der Waals surface area (Å²) in [6, 6.07) is 5.05. The van der Waals surface area contributed by atoms with Crippen molar-refractivity contribution in [3.05, 3.63) is 34.9 Å². The molecule has 7 heteroatoms. The SMILES string of the molecule is O=C(CN1C(=O)NC2(CCCC2)C1=O)OCC(=O)c1ccc2c(c1)CCCC2. The summed E-state index contributed by atoms with van der Waals surface area (Å²) in [7, 11) is 0. The van der Waals surface area contributed by atoms with Gasteiger partial charge in [-0.2, -0.15) is 0 Å². The first-order valence-corrected chi connectivity index (χ1v) is 9.93. The third-order valence-electron chi connectivity index (χ3n) is 6.02. The van der Waals surface area contributed by atoms with E-state index in [0.29, 0.717) is 18.4 Å². The molecule has 1 N–H and O–H groups in total. The molecule has 3 amide bonds. The Morgan fingerprint density at radius 1 is 1.04 bits per heavy atom. The van der Waals surface area contributed by atoms with Crippen LogP contribution in [0.25, 0.3) is 0 Å². The van der Waals surface area contributed by atoms with Crippen LogP contribution in [0.2, 0.25) is 0 Å². The van der Waals surface area contributed by atoms with E-state index in [9.17, 15) is 19.2 Å². The van der Waals surface area contributed by atoms with E-state index in [0.717, 1.165) is 37.0 Å². The molecule has 0 unspecified atom stereocenters. The minimum absolute atomic E-state index is 0.286. The molecule has 1 aliphatic heterocycles. The summed E-state index contributed by atoms with van der Waals surface area (Å²) in [5, 5.41) is 2.72. The monoisotopic (exact) mass is 384 g/mol. The highest BCUT2D eigenvalue weighted by atomic mass is 16.5. The number of benzene rings is 1. The van der Waals surface area contributed by atoms with Crippen LogP contribution >= 0.6 is 0 Å². The Labute approximate surface area is 163 Å². The highest BCUT2D eigenvalue weighted by Gasteiger charge is 2.52. The predicted octanol–water partition coefficient (Wildman–Crippen LogP) is 2.16. The molecule has 0 radical (unpaired) electrons. The fraction of sp³-hybridized carbons (Fsp3) is 0.524. The number of ether oxygens (including phenoxy) is 1. The molecular formula is C21H24N2O5. The lowest BCUT2D eigenvalue weighted by Crippen LogP contribution is -2.44. The number of nitrogens with one attached hydrogen (secondary N) is 1. The summed E-state index contributed by atoms with van der Waals surface area (Å²) in [6.45, 7) is -0.865. The van der Waals surface area contributed by atoms with Crippen molar-refractivity contribution in [2.75, 3.05) is 13.2 Å². The Hall–Kier alpha value is -2.70. The number of amides is 3. The highest BCUT2D eigenvalue weighted by molar-refractivity contribution is 6.09. The van der Waals surface area contributed by atoms with Gasteiger partial charge >= 0.3 is 12.0 Å². The van der Waals surface area contributed by atoms with Crippen LogP contribution in [0.1, 0.15) is 60.0 Å². The average molecular weight is 384 g/mol. The smallest absolute Gasteiger partial charge is 0.326 e. The Bertz CT molecular complexity index is 841. The number of carbonyl (C=O) groups excluding carboxylic acids is 4. The Morgan fingerprint density at radius 2 is 1.75 bits per heavy atom. The van der Waals surface area contributed by atoms with Crippen molar-refractivity contribution < 1.29 is 23.9 Å². The van der Waals surface area contributed by atoms with Gasteiger partial charge in [0.2, 0.25) is 0 Å². The summed E-state index contributed by atoms with van der Waals surface area (Å²) in [4.78, 5) is 50.0. The number of hydrogen-bond donors (Lipinski definition) is 1. The molecule has 0 atom stereocenters. The number of esters is 1. The molecule has 4 rings (SSSR count). The molecule has 1 spiro atoms. The van der Waals surface area contributed by atoms with Gasteiger partial charge in [0.1, 0.15) is 12.1 Å². The topological polar surface area (TPSA) is 92.8 Å². The Balaban J connectivity index is 1.32. The van der Waals surface area contributed by atoms with E-state index in [2.05, 4.69) is 5.32 Å². The van der Waals surface area contributed by atoms with Gasteiger partial charge < -0.3 is 10.1 Å². The van der Waals surface area contributed by atoms with E-state index >= 15 is 0 Å². The number of hydrogen-bond acceptors (Lipinski definition) is 5. The number of fused-ring (bicyclic) bond motifs is 1. The Morgan fingerprint density at radius 3 is 2.50 bits per heavy atom. The number of Topliss-reactive ketones (excluding diaryl/α,β-unsaturated/α-hetero) is 1. The molecule has 3 aliphatic rings. The first kappa shape index (κ1) is 18.7. The summed E-state index contributed by atoms with van der Waals surface area (Å²) in [5.74, 6) is -1.41. The van der Waals surface area contributed by atoms with Gasteiger partial charge in [0, 0.05) is 5.56 Å². The zero-order valence-electron chi connectivity index (χ0n) is 15.8. The summed E-state index contributed by atoms with van der Waals surface area (Å²) >= 11 is 0. The molecule has 28 heavy (non-hydrogen) atoms. The van der Waals surface area contributed by atoms with Gasteiger partial charge in [-0.05, 0) is 55.7 Å². The summed E-state index contributed by atoms with van der Waals surface area (Å²) in [5.41, 5.74) is 2.13. The summed E-state index contributed by atoms with van der Waals surface area (Å²) in [6.07, 6.45) is 7.23. The molecule has 1 saturated heterocycles. The van der Waals surface area contributed by atoms with E-state index in [1.54, 1.807) is 6.07 Å². The molecule has 0 aromatic heterocycles. The molecule has 1 aromatic carbocycles. The lowest BCUT2D eigenvalue weighted by atomic mass is 9.90. The van der Waals surface area contributed by atoms with Gasteiger partial charge in [0.05, 0.1) is 0 Å². The highest BCUT2D eigenvalue weighted by Crippen LogP contribution is 2.34. The number of imide groups is 1. The van der Waals surface area contributed by atoms with Crippen molar-refractivity contribution in [2.45, 2.75) is 56.9 Å². The largest absolute Gasteiger partial charge is 0.456 e. The van der Waals surface area contributed by atoms with E-state index < -0.39 is 30.7 Å². The van der Waals surface area contributed by atoms with E-state index in [1.165, 1.54) is 17.5 Å². The first-order valence-electron chi connectivity index (χ1n) is 9.93. The minimum Gasteiger partial charge on any atom is -0.456 e. The van der Waals surface area contributed by atoms with E-state index in [-0.39, 0.29) is 11.7 Å². The lowest BCUT2D eigenvalue weighted by molar-refractivity contribution is -0.146. The maximum atomic E-state index is 12.5. The van der Waals surface area contributed by atoms with Gasteiger partial charge in [-0.15, -0.1) is 0 Å². The molecular weight excluding hydrogens is 360 g/mol. The second kappa shape index (κ2) is 7.37. The second-order valence-electron chi connectivity index (χ2n) is 7.89. The number of urea groups is 1. The number of rotatable bonds is 5. The van der Waals surface area contributed by atoms with Crippen molar-refractivity contribution in [1.82, 2.24) is 10.2 Å². The third-order valence-corrected chi connectivity index (χ3v) is 6.02. The van der Waals surface area contributed by atoms with E-state index in [4.69, 9.17) is 4.74 Å². The maximum Gasteiger partial charge on any atom is 0.326 e. The van der Waals surface area contributed by atoms with Crippen LogP contribution < -0.4 is 5.32 Å². The van der Waals surface area contributed by atoms with Crippen molar-refractivity contribution in [1.29, 1.82) is 0 Å². The predicted molar refractivity (Wildman–Crippen MR) is 99.8 cm³/mol. The maximum absolute atomic E-state index is 12.5. The zero-order valence-corrected chi connectivity index (χ0v) is 15.8. The van der Waals surface area contributed by atoms with Crippen LogP contribution in [-0.4, -0.2) is 47.3 Å². The van der Waals surface area contributed by atoms with E-state index in [1.807, 2.05) is 12.1 Å². The second-order valence-corrected chi connectivity index (χ2v) is 7.89. The number of carbonyl (C=O) groups is 4. The zero-order chi connectivity index (χ0) is 19.7. The minimum atomic E-state index is -0.851. The molecule has 1 aromatic rings. The number of ketones is 1. The van der Waals surface area contributed by atoms with Crippen LogP contribution in [0.3, 0.4) is 0 Å². The molecule has 2 fully saturated rings. The average Bonchev–Trinajstić information content (AvgIpc) is 3.26. The Kier molecular flexibility index (Phi) is 4.91. The van der Waals surface area contributed by atoms with Crippen LogP contribution in [0.4, 0.5) is 4.79 Å². The van der Waals surface area contributed by atoms with Crippen LogP contribution in [0, 0.1) is 0 Å². The van der Waals surface area contributed by atoms with Gasteiger partial charge in [0.15, 0.2) is 12.4 Å². The normalized spacial score (nSPS) is 20.2. The quantitative estimate of drug-likeness (QED) is 0.477. The molecule has 1 heterocycles. The van der Waals surface area contributed by atoms with Crippen molar-refractivity contribution in [3.8, 4) is 0 Å². The standard InChI is InChI=1S/C21H24N2O5/c24-17(16-8-7-14-5-1-2-6-15(14)11-16)13-28-18(25)12-23-19(26)21(22-20(23)27)9-3-4-10-21/h7-8,11H,1-6,9-10,12-13H2,(H,22,27). The van der Waals surface area contributed by atoms with Gasteiger partial charge in [-0.3, -0.25) is 19.3 Å². The van der Waals surface area contributed by atoms with Crippen LogP contribution in [0.5, 0.6) is 0 Å². The summed E-state index contributed by atoms with van der Waals surface area (Å²) < 4.78 is 5.05. The molecule has 0 bridgehead atoms. The van der Waals surface area contributed by atoms with Crippen molar-refractivity contribution in [3.63, 3.8) is 0 Å². The first-order chi connectivity index (χ1) is 13.5. The number of aryl methyl sites for hydroxylation is 2. The van der Waals surface area contributed by atoms with Crippen LogP contribution in [-0.2, 0) is 27.2 Å². The number of nitrogens with zero attached hydrogens (tertiary/aromatic N) is 1. The third kappa shape index (κ3) is 3.41. The van der Waals surface area contributed by atoms with Crippen molar-refractivity contribution in [2.24, 2.45) is 0 Å². The molecule has 2 aliphatic carbocycles. The molecule has 1 saturated carbocycles. The fourth-order valence-electron chi connectivity index (χ4n) is 4.45. The van der Waals surface area contributed by atoms with Crippen LogP contribution in [0.15, 0.2) is 18.2 Å². The van der Waals surface area contributed by atoms with Gasteiger partial charge in [-0.25, -0.2) is 4.79 Å².